The fraction of sp³-hybridized carbons (Fsp3) is 0.304. The Morgan fingerprint density at radius 3 is 2.48 bits per heavy atom. The lowest BCUT2D eigenvalue weighted by Crippen LogP contribution is -2.32. The second kappa shape index (κ2) is 8.17. The molecule has 0 saturated carbocycles. The van der Waals surface area contributed by atoms with Gasteiger partial charge in [0.1, 0.15) is 5.82 Å². The van der Waals surface area contributed by atoms with E-state index < -0.39 is 0 Å². The number of rotatable bonds is 6. The highest BCUT2D eigenvalue weighted by molar-refractivity contribution is 5.95. The lowest BCUT2D eigenvalue weighted by molar-refractivity contribution is 0.0975. The van der Waals surface area contributed by atoms with Crippen LogP contribution >= 0.6 is 0 Å². The zero-order valence-corrected chi connectivity index (χ0v) is 16.5. The summed E-state index contributed by atoms with van der Waals surface area (Å²) in [5.74, 6) is -0.289. The zero-order chi connectivity index (χ0) is 20.4. The Bertz CT molecular complexity index is 1130. The van der Waals surface area contributed by atoms with E-state index in [1.165, 1.54) is 24.3 Å². The van der Waals surface area contributed by atoms with Gasteiger partial charge < -0.3 is 0 Å². The number of carbonyl (C=O) groups excluding carboxylic acids is 1. The first kappa shape index (κ1) is 19.3. The zero-order valence-electron chi connectivity index (χ0n) is 16.5. The normalized spacial score (nSPS) is 14.9. The maximum atomic E-state index is 13.0. The van der Waals surface area contributed by atoms with E-state index in [9.17, 15) is 14.0 Å². The molecular weight excluding hydrogens is 369 g/mol. The van der Waals surface area contributed by atoms with Gasteiger partial charge in [0.05, 0.1) is 11.0 Å². The third-order valence-corrected chi connectivity index (χ3v) is 5.56. The first-order valence-corrected chi connectivity index (χ1v) is 9.91. The Morgan fingerprint density at radius 1 is 1.07 bits per heavy atom. The number of imidazole rings is 1. The Kier molecular flexibility index (Phi) is 5.45. The summed E-state index contributed by atoms with van der Waals surface area (Å²) in [5, 5.41) is 0. The van der Waals surface area contributed by atoms with Crippen molar-refractivity contribution in [2.24, 2.45) is 7.05 Å². The quantitative estimate of drug-likeness (QED) is 0.600. The van der Waals surface area contributed by atoms with Crippen LogP contribution in [0.4, 0.5) is 4.39 Å². The molecule has 1 aliphatic heterocycles. The van der Waals surface area contributed by atoms with Crippen LogP contribution in [0.25, 0.3) is 16.7 Å². The standard InChI is InChI=1S/C23H24FN3O2/c1-25-20-5-2-3-6-21(20)27(23(25)29)19-12-15-26(16-13-19)14-4-7-22(28)17-8-10-18(24)11-9-17/h2-3,5-6,8-12H,4,7,13-16H2,1H3. The molecule has 6 heteroatoms. The van der Waals surface area contributed by atoms with Crippen molar-refractivity contribution in [2.75, 3.05) is 19.6 Å². The van der Waals surface area contributed by atoms with Crippen molar-refractivity contribution >= 4 is 22.5 Å². The van der Waals surface area contributed by atoms with Crippen LogP contribution in [0.2, 0.25) is 0 Å². The number of ketones is 1. The molecule has 0 radical (unpaired) electrons. The topological polar surface area (TPSA) is 47.2 Å². The third kappa shape index (κ3) is 3.93. The molecule has 3 aromatic rings. The van der Waals surface area contributed by atoms with E-state index in [0.717, 1.165) is 49.2 Å². The number of aryl methyl sites for hydroxylation is 1. The van der Waals surface area contributed by atoms with Crippen molar-refractivity contribution in [1.29, 1.82) is 0 Å². The Hall–Kier alpha value is -2.99. The summed E-state index contributed by atoms with van der Waals surface area (Å²) in [7, 11) is 1.80. The van der Waals surface area contributed by atoms with Gasteiger partial charge in [-0.05, 0) is 49.4 Å². The molecule has 0 saturated heterocycles. The number of carbonyl (C=O) groups is 1. The number of para-hydroxylation sites is 2. The summed E-state index contributed by atoms with van der Waals surface area (Å²) < 4.78 is 16.5. The Labute approximate surface area is 168 Å². The molecular formula is C23H24FN3O2. The third-order valence-electron chi connectivity index (χ3n) is 5.56. The van der Waals surface area contributed by atoms with Crippen LogP contribution in [0.1, 0.15) is 29.6 Å². The van der Waals surface area contributed by atoms with Crippen LogP contribution in [-0.2, 0) is 7.05 Å². The predicted molar refractivity (Wildman–Crippen MR) is 112 cm³/mol. The van der Waals surface area contributed by atoms with Crippen LogP contribution in [-0.4, -0.2) is 39.5 Å². The number of hydrogen-bond donors (Lipinski definition) is 0. The number of nitrogens with zero attached hydrogens (tertiary/aromatic N) is 3. The second-order valence-electron chi connectivity index (χ2n) is 7.45. The van der Waals surface area contributed by atoms with E-state index >= 15 is 0 Å². The van der Waals surface area contributed by atoms with E-state index in [4.69, 9.17) is 0 Å². The predicted octanol–water partition coefficient (Wildman–Crippen LogP) is 3.69. The highest BCUT2D eigenvalue weighted by Gasteiger charge is 2.18. The van der Waals surface area contributed by atoms with Gasteiger partial charge in [0.2, 0.25) is 0 Å². The number of Topliss-reactive ketones (excluding diaryl/α,β-unsaturated/α-hetero) is 1. The molecule has 0 atom stereocenters. The van der Waals surface area contributed by atoms with Crippen molar-refractivity contribution in [2.45, 2.75) is 19.3 Å². The first-order chi connectivity index (χ1) is 14.0. The average molecular weight is 393 g/mol. The van der Waals surface area contributed by atoms with Crippen LogP contribution in [0.3, 0.4) is 0 Å². The van der Waals surface area contributed by atoms with E-state index in [2.05, 4.69) is 11.0 Å². The van der Waals surface area contributed by atoms with E-state index in [1.54, 1.807) is 11.6 Å². The molecule has 150 valence electrons. The molecule has 2 aromatic carbocycles. The van der Waals surface area contributed by atoms with Gasteiger partial charge in [-0.3, -0.25) is 18.8 Å². The first-order valence-electron chi connectivity index (χ1n) is 9.91. The smallest absolute Gasteiger partial charge is 0.299 e. The fourth-order valence-electron chi connectivity index (χ4n) is 3.92. The number of hydrogen-bond acceptors (Lipinski definition) is 3. The van der Waals surface area contributed by atoms with Gasteiger partial charge in [0, 0.05) is 44.2 Å². The van der Waals surface area contributed by atoms with Crippen molar-refractivity contribution in [3.05, 3.63) is 76.5 Å². The monoisotopic (exact) mass is 393 g/mol. The molecule has 0 N–H and O–H groups in total. The van der Waals surface area contributed by atoms with Gasteiger partial charge in [-0.15, -0.1) is 0 Å². The summed E-state index contributed by atoms with van der Waals surface area (Å²) in [6.45, 7) is 2.43. The molecule has 2 heterocycles. The molecule has 0 spiro atoms. The molecule has 0 aliphatic carbocycles. The van der Waals surface area contributed by atoms with Gasteiger partial charge in [0.15, 0.2) is 5.78 Å². The van der Waals surface area contributed by atoms with Crippen LogP contribution < -0.4 is 5.69 Å². The number of aromatic nitrogens is 2. The maximum Gasteiger partial charge on any atom is 0.333 e. The maximum absolute atomic E-state index is 13.0. The summed E-state index contributed by atoms with van der Waals surface area (Å²) >= 11 is 0. The van der Waals surface area contributed by atoms with E-state index in [-0.39, 0.29) is 17.3 Å². The minimum atomic E-state index is -0.331. The molecule has 1 aliphatic rings. The van der Waals surface area contributed by atoms with Crippen LogP contribution in [0.15, 0.2) is 59.4 Å². The Morgan fingerprint density at radius 2 is 1.79 bits per heavy atom. The summed E-state index contributed by atoms with van der Waals surface area (Å²) in [5.41, 5.74) is 3.44. The van der Waals surface area contributed by atoms with Crippen LogP contribution in [0.5, 0.6) is 0 Å². The SMILES string of the molecule is Cn1c(=O)n(C2=CCN(CCCC(=O)c3ccc(F)cc3)CC2)c2ccccc21. The average Bonchev–Trinajstić information content (AvgIpc) is 3.00. The lowest BCUT2D eigenvalue weighted by Gasteiger charge is -2.26. The van der Waals surface area contributed by atoms with Crippen LogP contribution in [0, 0.1) is 5.82 Å². The van der Waals surface area contributed by atoms with E-state index in [0.29, 0.717) is 12.0 Å². The largest absolute Gasteiger partial charge is 0.333 e. The van der Waals surface area contributed by atoms with Gasteiger partial charge in [0.25, 0.3) is 0 Å². The van der Waals surface area contributed by atoms with Crippen molar-refractivity contribution in [1.82, 2.24) is 14.0 Å². The van der Waals surface area contributed by atoms with Gasteiger partial charge in [-0.25, -0.2) is 9.18 Å². The molecule has 0 unspecified atom stereocenters. The molecule has 1 aromatic heterocycles. The summed E-state index contributed by atoms with van der Waals surface area (Å²) in [6.07, 6.45) is 4.11. The summed E-state index contributed by atoms with van der Waals surface area (Å²) in [6, 6.07) is 13.5. The van der Waals surface area contributed by atoms with Gasteiger partial charge in [-0.1, -0.05) is 18.2 Å². The van der Waals surface area contributed by atoms with E-state index in [1.807, 2.05) is 28.8 Å². The minimum Gasteiger partial charge on any atom is -0.299 e. The number of halogens is 1. The molecule has 0 bridgehead atoms. The fourth-order valence-corrected chi connectivity index (χ4v) is 3.92. The summed E-state index contributed by atoms with van der Waals surface area (Å²) in [4.78, 5) is 27.2. The van der Waals surface area contributed by atoms with Gasteiger partial charge in [-0.2, -0.15) is 0 Å². The molecule has 0 amide bonds. The Balaban J connectivity index is 1.37. The molecule has 4 rings (SSSR count). The van der Waals surface area contributed by atoms with Gasteiger partial charge >= 0.3 is 5.69 Å². The van der Waals surface area contributed by atoms with Crippen molar-refractivity contribution < 1.29 is 9.18 Å². The highest BCUT2D eigenvalue weighted by atomic mass is 19.1. The lowest BCUT2D eigenvalue weighted by atomic mass is 10.1. The number of fused-ring (bicyclic) bond motifs is 1. The van der Waals surface area contributed by atoms with Crippen molar-refractivity contribution in [3.63, 3.8) is 0 Å². The molecule has 29 heavy (non-hydrogen) atoms. The molecule has 5 nitrogen and oxygen atoms in total. The number of benzene rings is 2. The highest BCUT2D eigenvalue weighted by Crippen LogP contribution is 2.21. The second-order valence-corrected chi connectivity index (χ2v) is 7.45. The van der Waals surface area contributed by atoms with Crippen molar-refractivity contribution in [3.8, 4) is 0 Å². The minimum absolute atomic E-state index is 0.0178. The molecule has 0 fully saturated rings.